The summed E-state index contributed by atoms with van der Waals surface area (Å²) in [5.74, 6) is -16.9. The number of hydrogen-bond donors (Lipinski definition) is 18. The second-order valence-corrected chi connectivity index (χ2v) is 30.2. The Hall–Kier alpha value is -9.98. The number of aromatic amines is 1. The van der Waals surface area contributed by atoms with E-state index in [2.05, 4.69) is 63.1 Å². The zero-order valence-corrected chi connectivity index (χ0v) is 62.7. The van der Waals surface area contributed by atoms with Crippen LogP contribution in [0.15, 0.2) is 71.9 Å². The Kier molecular flexibility index (Phi) is 33.3. The van der Waals surface area contributed by atoms with Crippen LogP contribution in [0.25, 0.3) is 10.9 Å². The van der Waals surface area contributed by atoms with E-state index in [1.165, 1.54) is 59.6 Å². The number of amides is 12. The Morgan fingerprint density at radius 1 is 0.697 bits per heavy atom. The van der Waals surface area contributed by atoms with Gasteiger partial charge < -0.3 is 101 Å². The molecule has 34 nitrogen and oxygen atoms in total. The molecule has 1 saturated carbocycles. The zero-order valence-electron chi connectivity index (χ0n) is 59.5. The SMILES string of the molecule is C[C@@H](N)CC(=O)N1CCC[C@H]1C(=O)N[C@@H](Cc1ccc(O)cc1)C(=O)N[C@H]1CSSC[C@@H](C(N)=O)NC(=O)[C@H](CCC(=O)O)NC(=O)[C@H](Cc2c[nH]c3ccc(F)cc23)NC(=O)[C@H](CCC(=O)O)NC(=O)CCNC(=O)[C@H](CCCN=C(N)N)NC(=O)[C@H](Cc2cccc(Cl)c2Cl)NC(=O)[C@H](C2CCCC2)NC1=O. The van der Waals surface area contributed by atoms with Crippen LogP contribution >= 0.6 is 44.8 Å². The number of guanidine groups is 1. The normalized spacial score (nSPS) is 22.9. The lowest BCUT2D eigenvalue weighted by Gasteiger charge is -2.30. The van der Waals surface area contributed by atoms with Crippen molar-refractivity contribution in [3.8, 4) is 5.75 Å². The Labute approximate surface area is 643 Å². The first kappa shape index (κ1) is 86.3. The number of aromatic hydroxyl groups is 1. The number of aromatic nitrogens is 1. The van der Waals surface area contributed by atoms with Crippen molar-refractivity contribution in [2.75, 3.05) is 31.1 Å². The molecule has 22 N–H and O–H groups in total. The maximum atomic E-state index is 15.3. The van der Waals surface area contributed by atoms with Gasteiger partial charge in [-0.15, -0.1) is 0 Å². The topological polar surface area (TPSA) is 555 Å². The summed E-state index contributed by atoms with van der Waals surface area (Å²) in [7, 11) is 1.66. The van der Waals surface area contributed by atoms with Crippen LogP contribution in [0.5, 0.6) is 5.75 Å². The van der Waals surface area contributed by atoms with E-state index in [0.717, 1.165) is 33.7 Å². The van der Waals surface area contributed by atoms with Crippen LogP contribution in [-0.2, 0) is 86.4 Å². The van der Waals surface area contributed by atoms with E-state index in [0.29, 0.717) is 43.2 Å². The fourth-order valence-electron chi connectivity index (χ4n) is 12.7. The molecule has 1 aliphatic carbocycles. The van der Waals surface area contributed by atoms with E-state index in [1.54, 1.807) is 6.92 Å². The minimum atomic E-state index is -1.83. The van der Waals surface area contributed by atoms with Crippen LogP contribution in [-0.4, -0.2) is 212 Å². The van der Waals surface area contributed by atoms with Gasteiger partial charge in [0.2, 0.25) is 70.9 Å². The van der Waals surface area contributed by atoms with Crippen LogP contribution in [0.3, 0.4) is 0 Å². The molecule has 7 rings (SSSR count). The fraction of sp³-hybridized carbons (Fsp3) is 0.500. The number of nitrogens with one attached hydrogen (secondary N) is 11. The predicted octanol–water partition coefficient (Wildman–Crippen LogP) is -0.201. The molecule has 0 unspecified atom stereocenters. The van der Waals surface area contributed by atoms with Crippen molar-refractivity contribution in [3.63, 3.8) is 0 Å². The summed E-state index contributed by atoms with van der Waals surface area (Å²) >= 11 is 13.2. The van der Waals surface area contributed by atoms with Crippen molar-refractivity contribution in [1.29, 1.82) is 0 Å². The molecular formula is C70H92Cl2FN17O17S2. The monoisotopic (exact) mass is 1600 g/mol. The van der Waals surface area contributed by atoms with Crippen LogP contribution in [0.4, 0.5) is 4.39 Å². The first-order chi connectivity index (χ1) is 51.8. The van der Waals surface area contributed by atoms with E-state index in [1.807, 2.05) is 0 Å². The molecule has 2 saturated heterocycles. The maximum Gasteiger partial charge on any atom is 0.303 e. The fourth-order valence-corrected chi connectivity index (χ4v) is 15.4. The minimum absolute atomic E-state index is 0.00487. The van der Waals surface area contributed by atoms with Gasteiger partial charge >= 0.3 is 11.9 Å². The molecule has 109 heavy (non-hydrogen) atoms. The van der Waals surface area contributed by atoms with Gasteiger partial charge in [0.05, 0.1) is 10.0 Å². The van der Waals surface area contributed by atoms with Crippen LogP contribution in [0, 0.1) is 11.7 Å². The standard InChI is InChI=1S/C70H92Cl2FN17O17S2/c1-35(74)27-55(93)90-26-6-12-53(90)68(106)85-48(28-36-13-16-41(91)17-14-36)64(102)88-52-34-109-108-33-51(60(75)98)87-63(101)47(20-22-57(96)97)83-66(104)50(30-39-32-80-44-18-15-40(73)31-42(39)44)84-62(100)46(19-21-56(94)95)81-54(92)23-25-78-61(99)45(11-5-24-79-70(76)77)82-65(103)49(29-38-9-4-10-43(71)58(38)72)86-69(107)59(89-67(52)105)37-7-2-3-8-37/h4,9-10,13-18,31-32,35,37,45-53,59,80,91H,2-3,5-8,11-12,19-30,33-34,74H2,1H3,(H2,75,98)(H,78,99)(H,81,92)(H,82,103)(H,83,104)(H,84,100)(H,85,106)(H,86,107)(H,87,101)(H,88,102)(H,89,105)(H,94,95)(H,96,97)(H4,76,77,79)/t35-,45+,46+,47+,48+,49+,50+,51+,52+,53+,59+/m1/s1. The van der Waals surface area contributed by atoms with Gasteiger partial charge in [-0.05, 0) is 117 Å². The van der Waals surface area contributed by atoms with Crippen molar-refractivity contribution in [2.24, 2.45) is 33.8 Å². The third-order valence-corrected chi connectivity index (χ3v) is 21.6. The molecule has 3 aliphatic rings. The number of halogens is 3. The highest BCUT2D eigenvalue weighted by Crippen LogP contribution is 2.31. The van der Waals surface area contributed by atoms with E-state index < -0.39 is 218 Å². The van der Waals surface area contributed by atoms with Gasteiger partial charge in [-0.3, -0.25) is 72.1 Å². The van der Waals surface area contributed by atoms with Gasteiger partial charge in [-0.1, -0.05) is 81.9 Å². The number of nitrogens with two attached hydrogens (primary N) is 4. The number of carbonyl (C=O) groups excluding carboxylic acids is 12. The van der Waals surface area contributed by atoms with E-state index in [4.69, 9.17) is 46.1 Å². The number of hydrogen-bond acceptors (Lipinski definition) is 19. The third-order valence-electron chi connectivity index (χ3n) is 18.4. The number of phenols is 1. The second kappa shape index (κ2) is 42.1. The molecule has 3 heterocycles. The minimum Gasteiger partial charge on any atom is -0.508 e. The maximum absolute atomic E-state index is 15.3. The van der Waals surface area contributed by atoms with Gasteiger partial charge in [0, 0.05) is 99.2 Å². The summed E-state index contributed by atoms with van der Waals surface area (Å²) in [5, 5.41) is 56.1. The number of aliphatic imine (C=N–C) groups is 1. The lowest BCUT2D eigenvalue weighted by molar-refractivity contribution is -0.140. The summed E-state index contributed by atoms with van der Waals surface area (Å²) in [4.78, 5) is 206. The molecule has 0 radical (unpaired) electrons. The number of nitrogens with zero attached hydrogens (tertiary/aromatic N) is 2. The number of aliphatic carboxylic acids is 2. The number of H-pyrrole nitrogens is 1. The highest BCUT2D eigenvalue weighted by Gasteiger charge is 2.41. The predicted molar refractivity (Wildman–Crippen MR) is 402 cm³/mol. The highest BCUT2D eigenvalue weighted by atomic mass is 35.5. The first-order valence-corrected chi connectivity index (χ1v) is 38.6. The number of primary amides is 1. The molecule has 3 aromatic carbocycles. The Morgan fingerprint density at radius 3 is 1.94 bits per heavy atom. The van der Waals surface area contributed by atoms with Crippen LogP contribution in [0.1, 0.15) is 114 Å². The number of phenolic OH excluding ortho intramolecular Hbond substituents is 1. The van der Waals surface area contributed by atoms with Crippen molar-refractivity contribution in [2.45, 2.75) is 183 Å². The van der Waals surface area contributed by atoms with Crippen molar-refractivity contribution in [3.05, 3.63) is 99.4 Å². The number of fused-ring (bicyclic) bond motifs is 1. The van der Waals surface area contributed by atoms with Crippen molar-refractivity contribution >= 4 is 144 Å². The number of rotatable bonds is 24. The summed E-state index contributed by atoms with van der Waals surface area (Å²) in [6.07, 6.45) is -0.713. The molecule has 12 amide bonds. The van der Waals surface area contributed by atoms with Crippen LogP contribution in [0.2, 0.25) is 10.0 Å². The lowest BCUT2D eigenvalue weighted by atomic mass is 9.95. The number of benzene rings is 3. The molecule has 0 spiro atoms. The summed E-state index contributed by atoms with van der Waals surface area (Å²) < 4.78 is 14.8. The smallest absolute Gasteiger partial charge is 0.303 e. The molecule has 1 aromatic heterocycles. The highest BCUT2D eigenvalue weighted by molar-refractivity contribution is 8.76. The number of carbonyl (C=O) groups is 14. The molecule has 39 heteroatoms. The summed E-state index contributed by atoms with van der Waals surface area (Å²) in [5.41, 5.74) is 24.3. The van der Waals surface area contributed by atoms with E-state index >= 15 is 19.2 Å². The van der Waals surface area contributed by atoms with Crippen molar-refractivity contribution < 1.29 is 86.8 Å². The van der Waals surface area contributed by atoms with Gasteiger partial charge in [-0.25, -0.2) is 4.39 Å². The van der Waals surface area contributed by atoms with Gasteiger partial charge in [-0.2, -0.15) is 0 Å². The molecule has 2 aliphatic heterocycles. The largest absolute Gasteiger partial charge is 0.508 e. The molecule has 4 aromatic rings. The average Bonchev–Trinajstić information content (AvgIpc) is 1.73. The molecular weight excluding hydrogens is 1500 g/mol. The summed E-state index contributed by atoms with van der Waals surface area (Å²) in [6, 6.07) is -2.47. The van der Waals surface area contributed by atoms with E-state index in [-0.39, 0.29) is 89.9 Å². The molecule has 11 atom stereocenters. The number of likely N-dealkylation sites (tertiary alicyclic amines) is 1. The number of carboxylic acids is 2. The van der Waals surface area contributed by atoms with Crippen LogP contribution < -0.4 is 76.1 Å². The van der Waals surface area contributed by atoms with Gasteiger partial charge in [0.1, 0.15) is 72.0 Å². The average molecular weight is 1600 g/mol. The van der Waals surface area contributed by atoms with Gasteiger partial charge in [0.15, 0.2) is 5.96 Å². The third kappa shape index (κ3) is 27.0. The molecule has 0 bridgehead atoms. The van der Waals surface area contributed by atoms with Gasteiger partial charge in [0.25, 0.3) is 0 Å². The Morgan fingerprint density at radius 2 is 1.30 bits per heavy atom. The molecule has 3 fully saturated rings. The van der Waals surface area contributed by atoms with E-state index in [9.17, 15) is 67.7 Å². The lowest BCUT2D eigenvalue weighted by Crippen LogP contribution is -2.61. The summed E-state index contributed by atoms with van der Waals surface area (Å²) in [6.45, 7) is 1.30. The number of carboxylic acid groups (broad SMARTS) is 2. The Balaban J connectivity index is 1.30. The Bertz CT molecular complexity index is 4000. The second-order valence-electron chi connectivity index (χ2n) is 26.8. The zero-order chi connectivity index (χ0) is 79.6. The first-order valence-electron chi connectivity index (χ1n) is 35.4. The van der Waals surface area contributed by atoms with Crippen molar-refractivity contribution in [1.82, 2.24) is 63.1 Å². The quantitative estimate of drug-likeness (QED) is 0.0187. The molecule has 592 valence electrons.